The average molecular weight is 266 g/mol. The van der Waals surface area contributed by atoms with Crippen LogP contribution >= 0.6 is 0 Å². The summed E-state index contributed by atoms with van der Waals surface area (Å²) in [6.07, 6.45) is 0.783. The van der Waals surface area contributed by atoms with Crippen LogP contribution in [0.25, 0.3) is 0 Å². The average Bonchev–Trinajstić information content (AvgIpc) is 2.75. The molecular formula is C14H18O3S. The Labute approximate surface area is 110 Å². The normalized spacial score (nSPS) is 25.0. The molecule has 2 rings (SSSR count). The molecule has 1 saturated heterocycles. The largest absolute Gasteiger partial charge is 0.377 e. The SMILES string of the molecule is Cc1cccc(C(=O)CS(=O)C2CCOC2C)c1. The van der Waals surface area contributed by atoms with Gasteiger partial charge in [-0.25, -0.2) is 0 Å². The summed E-state index contributed by atoms with van der Waals surface area (Å²) in [5, 5.41) is -0.00115. The molecule has 0 amide bonds. The lowest BCUT2D eigenvalue weighted by molar-refractivity contribution is 0.102. The highest BCUT2D eigenvalue weighted by Gasteiger charge is 2.30. The van der Waals surface area contributed by atoms with Crippen LogP contribution in [-0.2, 0) is 15.5 Å². The van der Waals surface area contributed by atoms with Gasteiger partial charge in [0.1, 0.15) is 0 Å². The molecule has 1 aromatic rings. The van der Waals surface area contributed by atoms with E-state index < -0.39 is 10.8 Å². The van der Waals surface area contributed by atoms with Gasteiger partial charge in [-0.1, -0.05) is 23.8 Å². The molecule has 18 heavy (non-hydrogen) atoms. The quantitative estimate of drug-likeness (QED) is 0.784. The highest BCUT2D eigenvalue weighted by Crippen LogP contribution is 2.19. The summed E-state index contributed by atoms with van der Waals surface area (Å²) in [7, 11) is -1.14. The molecule has 1 fully saturated rings. The third-order valence-corrected chi connectivity index (χ3v) is 5.10. The molecule has 1 aromatic carbocycles. The highest BCUT2D eigenvalue weighted by molar-refractivity contribution is 7.86. The molecular weight excluding hydrogens is 248 g/mol. The van der Waals surface area contributed by atoms with Crippen molar-refractivity contribution in [2.24, 2.45) is 0 Å². The predicted molar refractivity (Wildman–Crippen MR) is 72.3 cm³/mol. The maximum atomic E-state index is 12.1. The van der Waals surface area contributed by atoms with E-state index in [1.165, 1.54) is 0 Å². The van der Waals surface area contributed by atoms with Crippen molar-refractivity contribution in [2.75, 3.05) is 12.4 Å². The van der Waals surface area contributed by atoms with Crippen LogP contribution in [0.4, 0.5) is 0 Å². The summed E-state index contributed by atoms with van der Waals surface area (Å²) in [4.78, 5) is 12.0. The minimum absolute atomic E-state index is 0.00115. The zero-order valence-corrected chi connectivity index (χ0v) is 11.5. The number of benzene rings is 1. The Kier molecular flexibility index (Phi) is 4.30. The second kappa shape index (κ2) is 5.76. The summed E-state index contributed by atoms with van der Waals surface area (Å²) < 4.78 is 17.5. The molecule has 0 aromatic heterocycles. The van der Waals surface area contributed by atoms with Crippen molar-refractivity contribution in [1.29, 1.82) is 0 Å². The first-order valence-electron chi connectivity index (χ1n) is 6.16. The van der Waals surface area contributed by atoms with Gasteiger partial charge >= 0.3 is 0 Å². The summed E-state index contributed by atoms with van der Waals surface area (Å²) in [5.74, 6) is 0.0538. The van der Waals surface area contributed by atoms with Gasteiger partial charge in [-0.3, -0.25) is 9.00 Å². The monoisotopic (exact) mass is 266 g/mol. The van der Waals surface area contributed by atoms with Crippen molar-refractivity contribution < 1.29 is 13.7 Å². The molecule has 1 heterocycles. The Morgan fingerprint density at radius 1 is 1.50 bits per heavy atom. The fourth-order valence-electron chi connectivity index (χ4n) is 2.20. The fourth-order valence-corrected chi connectivity index (χ4v) is 3.70. The standard InChI is InChI=1S/C14H18O3S/c1-10-4-3-5-12(8-10)13(15)9-18(16)14-6-7-17-11(14)2/h3-5,8,11,14H,6-7,9H2,1-2H3. The summed E-state index contributed by atoms with van der Waals surface area (Å²) in [6, 6.07) is 7.42. The van der Waals surface area contributed by atoms with E-state index in [1.54, 1.807) is 6.07 Å². The van der Waals surface area contributed by atoms with E-state index in [-0.39, 0.29) is 22.9 Å². The molecule has 98 valence electrons. The summed E-state index contributed by atoms with van der Waals surface area (Å²) in [6.45, 7) is 4.52. The van der Waals surface area contributed by atoms with Gasteiger partial charge in [0, 0.05) is 23.0 Å². The third-order valence-electron chi connectivity index (χ3n) is 3.26. The maximum Gasteiger partial charge on any atom is 0.175 e. The van der Waals surface area contributed by atoms with E-state index in [9.17, 15) is 9.00 Å². The van der Waals surface area contributed by atoms with Crippen molar-refractivity contribution in [3.63, 3.8) is 0 Å². The van der Waals surface area contributed by atoms with E-state index in [0.29, 0.717) is 12.2 Å². The molecule has 4 heteroatoms. The molecule has 0 radical (unpaired) electrons. The number of rotatable bonds is 4. The molecule has 0 aliphatic carbocycles. The number of hydrogen-bond acceptors (Lipinski definition) is 3. The summed E-state index contributed by atoms with van der Waals surface area (Å²) in [5.41, 5.74) is 1.69. The zero-order valence-electron chi connectivity index (χ0n) is 10.7. The number of carbonyl (C=O) groups excluding carboxylic acids is 1. The van der Waals surface area contributed by atoms with Crippen LogP contribution in [0.3, 0.4) is 0 Å². The molecule has 0 N–H and O–H groups in total. The van der Waals surface area contributed by atoms with E-state index in [0.717, 1.165) is 12.0 Å². The molecule has 3 atom stereocenters. The van der Waals surface area contributed by atoms with Crippen molar-refractivity contribution >= 4 is 16.6 Å². The van der Waals surface area contributed by atoms with E-state index in [2.05, 4.69) is 0 Å². The van der Waals surface area contributed by atoms with Crippen LogP contribution in [0.5, 0.6) is 0 Å². The number of aryl methyl sites for hydroxylation is 1. The van der Waals surface area contributed by atoms with Gasteiger partial charge in [-0.15, -0.1) is 0 Å². The zero-order chi connectivity index (χ0) is 13.1. The van der Waals surface area contributed by atoms with Crippen molar-refractivity contribution in [1.82, 2.24) is 0 Å². The van der Waals surface area contributed by atoms with Crippen LogP contribution in [0.1, 0.15) is 29.3 Å². The Morgan fingerprint density at radius 2 is 2.28 bits per heavy atom. The molecule has 1 aliphatic rings. The molecule has 1 aliphatic heterocycles. The molecule has 0 spiro atoms. The number of carbonyl (C=O) groups is 1. The topological polar surface area (TPSA) is 43.4 Å². The number of Topliss-reactive ketones (excluding diaryl/α,β-unsaturated/α-hetero) is 1. The predicted octanol–water partition coefficient (Wildman–Crippen LogP) is 2.10. The number of ether oxygens (including phenoxy) is 1. The van der Waals surface area contributed by atoms with Crippen molar-refractivity contribution in [3.05, 3.63) is 35.4 Å². The van der Waals surface area contributed by atoms with Gasteiger partial charge in [0.05, 0.1) is 17.1 Å². The van der Waals surface area contributed by atoms with E-state index in [1.807, 2.05) is 32.0 Å². The van der Waals surface area contributed by atoms with Crippen molar-refractivity contribution in [3.8, 4) is 0 Å². The fraction of sp³-hybridized carbons (Fsp3) is 0.500. The van der Waals surface area contributed by atoms with Gasteiger partial charge in [-0.05, 0) is 26.3 Å². The number of hydrogen-bond donors (Lipinski definition) is 0. The minimum atomic E-state index is -1.14. The summed E-state index contributed by atoms with van der Waals surface area (Å²) >= 11 is 0. The molecule has 0 saturated carbocycles. The van der Waals surface area contributed by atoms with Crippen LogP contribution in [0, 0.1) is 6.92 Å². The van der Waals surface area contributed by atoms with Gasteiger partial charge in [-0.2, -0.15) is 0 Å². The van der Waals surface area contributed by atoms with Gasteiger partial charge in [0.25, 0.3) is 0 Å². The lowest BCUT2D eigenvalue weighted by Gasteiger charge is -2.13. The first kappa shape index (κ1) is 13.4. The van der Waals surface area contributed by atoms with Crippen molar-refractivity contribution in [2.45, 2.75) is 31.6 Å². The maximum absolute atomic E-state index is 12.1. The smallest absolute Gasteiger partial charge is 0.175 e. The van der Waals surface area contributed by atoms with Crippen LogP contribution < -0.4 is 0 Å². The third kappa shape index (κ3) is 3.06. The van der Waals surface area contributed by atoms with Crippen LogP contribution in [0.15, 0.2) is 24.3 Å². The van der Waals surface area contributed by atoms with Crippen LogP contribution in [-0.4, -0.2) is 33.7 Å². The van der Waals surface area contributed by atoms with E-state index in [4.69, 9.17) is 4.74 Å². The Balaban J connectivity index is 2.01. The van der Waals surface area contributed by atoms with Gasteiger partial charge in [0.15, 0.2) is 5.78 Å². The lowest BCUT2D eigenvalue weighted by atomic mass is 10.1. The first-order valence-corrected chi connectivity index (χ1v) is 7.55. The van der Waals surface area contributed by atoms with Gasteiger partial charge in [0.2, 0.25) is 0 Å². The van der Waals surface area contributed by atoms with E-state index >= 15 is 0 Å². The Morgan fingerprint density at radius 3 is 2.89 bits per heavy atom. The molecule has 0 bridgehead atoms. The number of ketones is 1. The second-order valence-corrected chi connectivity index (χ2v) is 6.38. The Bertz CT molecular complexity index is 470. The first-order chi connectivity index (χ1) is 8.58. The van der Waals surface area contributed by atoms with Crippen LogP contribution in [0.2, 0.25) is 0 Å². The minimum Gasteiger partial charge on any atom is -0.377 e. The second-order valence-electron chi connectivity index (χ2n) is 4.72. The highest BCUT2D eigenvalue weighted by atomic mass is 32.2. The molecule has 3 nitrogen and oxygen atoms in total. The Hall–Kier alpha value is -1.00. The van der Waals surface area contributed by atoms with Gasteiger partial charge < -0.3 is 4.74 Å². The lowest BCUT2D eigenvalue weighted by Crippen LogP contribution is -2.27. The molecule has 3 unspecified atom stereocenters.